The number of nitrogens with one attached hydrogen (secondary N) is 1. The number of nitrogens with zero attached hydrogens (tertiary/aromatic N) is 1. The van der Waals surface area contributed by atoms with E-state index in [1.165, 1.54) is 39.4 Å². The fourth-order valence-corrected chi connectivity index (χ4v) is 3.28. The van der Waals surface area contributed by atoms with Gasteiger partial charge in [-0.15, -0.1) is 0 Å². The average Bonchev–Trinajstić information content (AvgIpc) is 2.62. The first-order valence-corrected chi connectivity index (χ1v) is 9.43. The zero-order valence-electron chi connectivity index (χ0n) is 15.1. The van der Waals surface area contributed by atoms with Crippen LogP contribution in [0.15, 0.2) is 41.3 Å². The average molecular weight is 398 g/mol. The van der Waals surface area contributed by atoms with Gasteiger partial charge in [0.05, 0.1) is 17.7 Å². The third-order valence-electron chi connectivity index (χ3n) is 3.85. The molecule has 0 aliphatic carbocycles. The van der Waals surface area contributed by atoms with Gasteiger partial charge in [-0.2, -0.15) is 0 Å². The third-order valence-corrected chi connectivity index (χ3v) is 5.66. The van der Waals surface area contributed by atoms with Gasteiger partial charge in [0.15, 0.2) is 0 Å². The maximum absolute atomic E-state index is 13.6. The molecular weight excluding hydrogens is 378 g/mol. The van der Waals surface area contributed by atoms with Gasteiger partial charge in [0.25, 0.3) is 0 Å². The van der Waals surface area contributed by atoms with Gasteiger partial charge in [-0.05, 0) is 48.4 Å². The van der Waals surface area contributed by atoms with Crippen molar-refractivity contribution in [1.82, 2.24) is 4.31 Å². The fraction of sp³-hybridized carbons (Fsp3) is 0.278. The molecule has 0 aliphatic heterocycles. The molecule has 0 radical (unpaired) electrons. The molecule has 1 amide bonds. The number of amides is 1. The zero-order chi connectivity index (χ0) is 20.2. The summed E-state index contributed by atoms with van der Waals surface area (Å²) in [4.78, 5) is 12.2. The Morgan fingerprint density at radius 2 is 1.85 bits per heavy atom. The molecule has 0 saturated heterocycles. The Kier molecular flexibility index (Phi) is 6.50. The van der Waals surface area contributed by atoms with Crippen molar-refractivity contribution >= 4 is 21.6 Å². The van der Waals surface area contributed by atoms with E-state index in [0.29, 0.717) is 0 Å². The number of ether oxygens (including phenoxy) is 1. The number of carbonyl (C=O) groups excluding carboxylic acids is 1. The molecule has 2 aromatic rings. The minimum absolute atomic E-state index is 0.00652. The van der Waals surface area contributed by atoms with E-state index in [0.717, 1.165) is 22.5 Å². The van der Waals surface area contributed by atoms with Gasteiger partial charge in [-0.3, -0.25) is 4.79 Å². The van der Waals surface area contributed by atoms with Gasteiger partial charge in [0.1, 0.15) is 17.4 Å². The van der Waals surface area contributed by atoms with Gasteiger partial charge < -0.3 is 10.1 Å². The van der Waals surface area contributed by atoms with Gasteiger partial charge in [0, 0.05) is 20.5 Å². The Bertz CT molecular complexity index is 946. The first kappa shape index (κ1) is 20.8. The fourth-order valence-electron chi connectivity index (χ4n) is 2.35. The van der Waals surface area contributed by atoms with Crippen molar-refractivity contribution in [3.8, 4) is 5.75 Å². The molecule has 0 unspecified atom stereocenters. The highest BCUT2D eigenvalue weighted by Crippen LogP contribution is 2.28. The van der Waals surface area contributed by atoms with Crippen LogP contribution in [0.3, 0.4) is 0 Å². The van der Waals surface area contributed by atoms with Crippen LogP contribution >= 0.6 is 0 Å². The van der Waals surface area contributed by atoms with Crippen LogP contribution in [0.5, 0.6) is 5.75 Å². The van der Waals surface area contributed by atoms with Crippen LogP contribution in [0.25, 0.3) is 0 Å². The highest BCUT2D eigenvalue weighted by molar-refractivity contribution is 7.89. The third kappa shape index (κ3) is 5.01. The molecule has 1 N–H and O–H groups in total. The molecule has 2 rings (SSSR count). The lowest BCUT2D eigenvalue weighted by molar-refractivity contribution is -0.116. The molecule has 0 bridgehead atoms. The van der Waals surface area contributed by atoms with E-state index in [9.17, 15) is 22.0 Å². The topological polar surface area (TPSA) is 75.7 Å². The number of rotatable bonds is 7. The van der Waals surface area contributed by atoms with E-state index in [1.807, 2.05) is 0 Å². The van der Waals surface area contributed by atoms with E-state index in [2.05, 4.69) is 5.32 Å². The molecule has 0 saturated carbocycles. The molecule has 0 fully saturated rings. The molecule has 0 spiro atoms. The molecule has 9 heteroatoms. The number of sulfonamides is 1. The predicted molar refractivity (Wildman–Crippen MR) is 97.2 cm³/mol. The summed E-state index contributed by atoms with van der Waals surface area (Å²) in [6.45, 7) is 0. The van der Waals surface area contributed by atoms with Gasteiger partial charge >= 0.3 is 0 Å². The summed E-state index contributed by atoms with van der Waals surface area (Å²) in [6.07, 6.45) is -0.123. The van der Waals surface area contributed by atoms with E-state index in [-0.39, 0.29) is 34.7 Å². The Morgan fingerprint density at radius 1 is 1.15 bits per heavy atom. The Labute approximate surface area is 156 Å². The maximum atomic E-state index is 13.6. The Balaban J connectivity index is 2.17. The van der Waals surface area contributed by atoms with Crippen molar-refractivity contribution in [2.24, 2.45) is 0 Å². The number of methoxy groups -OCH3 is 1. The largest absolute Gasteiger partial charge is 0.495 e. The molecule has 27 heavy (non-hydrogen) atoms. The van der Waals surface area contributed by atoms with Crippen molar-refractivity contribution in [1.29, 1.82) is 0 Å². The summed E-state index contributed by atoms with van der Waals surface area (Å²) in [5, 5.41) is 2.55. The van der Waals surface area contributed by atoms with Gasteiger partial charge in [-0.1, -0.05) is 0 Å². The van der Waals surface area contributed by atoms with E-state index in [4.69, 9.17) is 4.74 Å². The second-order valence-corrected chi connectivity index (χ2v) is 8.09. The molecule has 0 aliphatic rings. The molecule has 6 nitrogen and oxygen atoms in total. The first-order chi connectivity index (χ1) is 12.6. The van der Waals surface area contributed by atoms with Crippen molar-refractivity contribution < 1.29 is 26.7 Å². The quantitative estimate of drug-likeness (QED) is 0.778. The first-order valence-electron chi connectivity index (χ1n) is 7.99. The second-order valence-electron chi connectivity index (χ2n) is 5.93. The molecule has 146 valence electrons. The van der Waals surface area contributed by atoms with Crippen LogP contribution in [-0.4, -0.2) is 39.8 Å². The minimum Gasteiger partial charge on any atom is -0.495 e. The Hall–Kier alpha value is -2.52. The second kappa shape index (κ2) is 8.45. The van der Waals surface area contributed by atoms with E-state index < -0.39 is 27.6 Å². The van der Waals surface area contributed by atoms with E-state index >= 15 is 0 Å². The van der Waals surface area contributed by atoms with Crippen LogP contribution in [0.1, 0.15) is 12.0 Å². The van der Waals surface area contributed by atoms with Crippen LogP contribution in [0.4, 0.5) is 14.5 Å². The molecule has 0 aromatic heterocycles. The van der Waals surface area contributed by atoms with Crippen LogP contribution in [-0.2, 0) is 21.2 Å². The normalized spacial score (nSPS) is 11.5. The minimum atomic E-state index is -3.69. The number of carbonyl (C=O) groups is 1. The molecule has 0 atom stereocenters. The number of benzene rings is 2. The van der Waals surface area contributed by atoms with E-state index in [1.54, 1.807) is 0 Å². The number of anilines is 1. The molecule has 0 heterocycles. The summed E-state index contributed by atoms with van der Waals surface area (Å²) in [7, 11) is 0.480. The van der Waals surface area contributed by atoms with Crippen LogP contribution in [0, 0.1) is 11.6 Å². The highest BCUT2D eigenvalue weighted by atomic mass is 32.2. The summed E-state index contributed by atoms with van der Waals surface area (Å²) >= 11 is 0. The van der Waals surface area contributed by atoms with Crippen LogP contribution < -0.4 is 10.1 Å². The summed E-state index contributed by atoms with van der Waals surface area (Å²) in [5.41, 5.74) is 0.256. The van der Waals surface area contributed by atoms with Crippen molar-refractivity contribution in [2.75, 3.05) is 26.5 Å². The van der Waals surface area contributed by atoms with Crippen molar-refractivity contribution in [3.63, 3.8) is 0 Å². The lowest BCUT2D eigenvalue weighted by Gasteiger charge is -2.15. The SMILES string of the molecule is COc1ccc(S(=O)(=O)N(C)C)cc1NC(=O)CCc1cc(F)ccc1F. The number of hydrogen-bond donors (Lipinski definition) is 1. The van der Waals surface area contributed by atoms with Crippen molar-refractivity contribution in [2.45, 2.75) is 17.7 Å². The predicted octanol–water partition coefficient (Wildman–Crippen LogP) is 2.80. The molecular formula is C18H20F2N2O4S. The number of halogens is 2. The number of hydrogen-bond acceptors (Lipinski definition) is 4. The van der Waals surface area contributed by atoms with Gasteiger partial charge in [-0.25, -0.2) is 21.5 Å². The Morgan fingerprint density at radius 3 is 2.48 bits per heavy atom. The van der Waals surface area contributed by atoms with Crippen molar-refractivity contribution in [3.05, 3.63) is 53.6 Å². The summed E-state index contributed by atoms with van der Waals surface area (Å²) < 4.78 is 57.5. The smallest absolute Gasteiger partial charge is 0.242 e. The summed E-state index contributed by atoms with van der Waals surface area (Å²) in [6, 6.07) is 7.12. The molecule has 2 aromatic carbocycles. The maximum Gasteiger partial charge on any atom is 0.242 e. The van der Waals surface area contributed by atoms with Crippen LogP contribution in [0.2, 0.25) is 0 Å². The monoisotopic (exact) mass is 398 g/mol. The lowest BCUT2D eigenvalue weighted by Crippen LogP contribution is -2.22. The highest BCUT2D eigenvalue weighted by Gasteiger charge is 2.20. The zero-order valence-corrected chi connectivity index (χ0v) is 15.9. The standard InChI is InChI=1S/C18H20F2N2O4S/c1-22(2)27(24,25)14-6-8-17(26-3)16(11-14)21-18(23)9-4-12-10-13(19)5-7-15(12)20/h5-8,10-11H,4,9H2,1-3H3,(H,21,23). The lowest BCUT2D eigenvalue weighted by atomic mass is 10.1. The van der Waals surface area contributed by atoms with Gasteiger partial charge in [0.2, 0.25) is 15.9 Å². The number of aryl methyl sites for hydroxylation is 1. The summed E-state index contributed by atoms with van der Waals surface area (Å²) in [5.74, 6) is -1.40.